The summed E-state index contributed by atoms with van der Waals surface area (Å²) in [4.78, 5) is 38.5. The molecule has 1 aliphatic carbocycles. The van der Waals surface area contributed by atoms with Crippen LogP contribution >= 0.6 is 0 Å². The smallest absolute Gasteiger partial charge is 0.253 e. The first-order valence-corrected chi connectivity index (χ1v) is 10.6. The number of benzene rings is 2. The van der Waals surface area contributed by atoms with Crippen LogP contribution in [-0.2, 0) is 9.53 Å². The molecule has 162 valence electrons. The number of carbonyl (C=O) groups excluding carboxylic acids is 3. The molecule has 7 heteroatoms. The summed E-state index contributed by atoms with van der Waals surface area (Å²) in [6.07, 6.45) is 0.957. The highest BCUT2D eigenvalue weighted by Crippen LogP contribution is 2.30. The number of Topliss-reactive ketones (excluding diaryl/α,β-unsaturated/α-hetero) is 2. The molecule has 1 saturated heterocycles. The average Bonchev–Trinajstić information content (AvgIpc) is 3.03. The highest BCUT2D eigenvalue weighted by Gasteiger charge is 2.37. The Labute approximate surface area is 181 Å². The first-order valence-electron chi connectivity index (χ1n) is 10.6. The average molecular weight is 422 g/mol. The van der Waals surface area contributed by atoms with E-state index >= 15 is 0 Å². The van der Waals surface area contributed by atoms with Crippen molar-refractivity contribution in [2.24, 2.45) is 5.92 Å². The minimum atomic E-state index is -0.618. The van der Waals surface area contributed by atoms with Crippen LogP contribution in [-0.4, -0.2) is 55.0 Å². The Morgan fingerprint density at radius 1 is 1.03 bits per heavy atom. The molecule has 2 N–H and O–H groups in total. The third-order valence-electron chi connectivity index (χ3n) is 5.83. The molecular weight excluding hydrogens is 396 g/mol. The minimum Gasteiger partial charge on any atom is -0.391 e. The maximum absolute atomic E-state index is 12.4. The molecule has 0 saturated carbocycles. The van der Waals surface area contributed by atoms with Gasteiger partial charge in [-0.3, -0.25) is 14.4 Å². The number of hydrogen-bond donors (Lipinski definition) is 2. The summed E-state index contributed by atoms with van der Waals surface area (Å²) in [6, 6.07) is 14.4. The largest absolute Gasteiger partial charge is 0.391 e. The van der Waals surface area contributed by atoms with Gasteiger partial charge in [-0.2, -0.15) is 0 Å². The van der Waals surface area contributed by atoms with E-state index in [1.54, 1.807) is 29.2 Å². The second-order valence-electron chi connectivity index (χ2n) is 7.94. The van der Waals surface area contributed by atoms with Gasteiger partial charge >= 0.3 is 0 Å². The topological polar surface area (TPSA) is 95.9 Å². The lowest BCUT2D eigenvalue weighted by Gasteiger charge is -2.27. The Morgan fingerprint density at radius 3 is 2.35 bits per heavy atom. The number of hydrogen-bond acceptors (Lipinski definition) is 6. The van der Waals surface area contributed by atoms with Crippen molar-refractivity contribution < 1.29 is 24.2 Å². The van der Waals surface area contributed by atoms with Crippen LogP contribution in [0.25, 0.3) is 0 Å². The number of morpholine rings is 1. The van der Waals surface area contributed by atoms with Crippen molar-refractivity contribution in [3.8, 4) is 0 Å². The van der Waals surface area contributed by atoms with Gasteiger partial charge in [0.05, 0.1) is 18.6 Å². The summed E-state index contributed by atoms with van der Waals surface area (Å²) in [7, 11) is 0. The second-order valence-corrected chi connectivity index (χ2v) is 7.94. The van der Waals surface area contributed by atoms with Gasteiger partial charge in [0, 0.05) is 35.6 Å². The van der Waals surface area contributed by atoms with Crippen molar-refractivity contribution in [1.29, 1.82) is 0 Å². The molecule has 0 unspecified atom stereocenters. The fourth-order valence-electron chi connectivity index (χ4n) is 4.12. The second kappa shape index (κ2) is 9.41. The van der Waals surface area contributed by atoms with Gasteiger partial charge in [-0.15, -0.1) is 0 Å². The van der Waals surface area contributed by atoms with Gasteiger partial charge in [0.15, 0.2) is 11.6 Å². The molecule has 7 nitrogen and oxygen atoms in total. The lowest BCUT2D eigenvalue weighted by Crippen LogP contribution is -2.41. The number of carbonyl (C=O) groups is 3. The monoisotopic (exact) mass is 422 g/mol. The van der Waals surface area contributed by atoms with Crippen LogP contribution in [0.3, 0.4) is 0 Å². The molecule has 2 aliphatic rings. The van der Waals surface area contributed by atoms with E-state index in [0.717, 1.165) is 11.4 Å². The van der Waals surface area contributed by atoms with Gasteiger partial charge < -0.3 is 20.1 Å². The van der Waals surface area contributed by atoms with Crippen molar-refractivity contribution in [3.05, 3.63) is 59.7 Å². The van der Waals surface area contributed by atoms with Crippen LogP contribution in [0.4, 0.5) is 11.4 Å². The molecule has 1 heterocycles. The van der Waals surface area contributed by atoms with Crippen molar-refractivity contribution in [3.63, 3.8) is 0 Å². The summed E-state index contributed by atoms with van der Waals surface area (Å²) in [5.74, 6) is -0.878. The number of rotatable bonds is 8. The number of anilines is 2. The first kappa shape index (κ1) is 21.2. The molecular formula is C24H26N2O5. The zero-order valence-corrected chi connectivity index (χ0v) is 17.3. The summed E-state index contributed by atoms with van der Waals surface area (Å²) in [5, 5.41) is 13.5. The molecule has 4 rings (SSSR count). The Hall–Kier alpha value is -3.03. The van der Waals surface area contributed by atoms with E-state index in [9.17, 15) is 19.5 Å². The van der Waals surface area contributed by atoms with Crippen LogP contribution in [0.15, 0.2) is 48.5 Å². The molecule has 2 aromatic rings. The highest BCUT2D eigenvalue weighted by molar-refractivity contribution is 6.26. The van der Waals surface area contributed by atoms with E-state index < -0.39 is 12.0 Å². The Morgan fingerprint density at radius 2 is 1.71 bits per heavy atom. The van der Waals surface area contributed by atoms with E-state index in [1.807, 2.05) is 24.3 Å². The SMILES string of the molecule is O=C1c2ccccc2C(=O)C1CCC[C@H](O)CNc1ccc(N2CCOCC2=O)cc1. The maximum Gasteiger partial charge on any atom is 0.253 e. The number of nitrogens with one attached hydrogen (secondary N) is 1. The van der Waals surface area contributed by atoms with Crippen molar-refractivity contribution in [1.82, 2.24) is 0 Å². The van der Waals surface area contributed by atoms with E-state index in [1.165, 1.54) is 0 Å². The standard InChI is InChI=1S/C24H26N2O5/c27-18(4-3-7-21-23(29)19-5-1-2-6-20(19)24(21)30)14-25-16-8-10-17(11-9-16)26-12-13-31-15-22(26)28/h1-2,5-6,8-11,18,21,25,27H,3-4,7,12-15H2/t18-/m0/s1. The predicted octanol–water partition coefficient (Wildman–Crippen LogP) is 2.69. The van der Waals surface area contributed by atoms with E-state index in [-0.39, 0.29) is 24.1 Å². The van der Waals surface area contributed by atoms with Gasteiger partial charge in [-0.05, 0) is 43.5 Å². The normalized spacial score (nSPS) is 17.7. The summed E-state index contributed by atoms with van der Waals surface area (Å²) in [6.45, 7) is 1.54. The molecule has 0 bridgehead atoms. The highest BCUT2D eigenvalue weighted by atomic mass is 16.5. The van der Waals surface area contributed by atoms with E-state index in [4.69, 9.17) is 4.74 Å². The van der Waals surface area contributed by atoms with E-state index in [2.05, 4.69) is 5.32 Å². The number of ether oxygens (including phenoxy) is 1. The maximum atomic E-state index is 12.4. The van der Waals surface area contributed by atoms with Crippen LogP contribution in [0.1, 0.15) is 40.0 Å². The number of ketones is 2. The molecule has 0 aromatic heterocycles. The molecule has 0 spiro atoms. The Bertz CT molecular complexity index is 937. The number of aliphatic hydroxyl groups excluding tert-OH is 1. The molecule has 2 aromatic carbocycles. The van der Waals surface area contributed by atoms with Crippen LogP contribution in [0.5, 0.6) is 0 Å². The van der Waals surface area contributed by atoms with E-state index in [0.29, 0.717) is 50.1 Å². The molecule has 0 radical (unpaired) electrons. The van der Waals surface area contributed by atoms with Gasteiger partial charge in [-0.1, -0.05) is 24.3 Å². The van der Waals surface area contributed by atoms with Crippen LogP contribution in [0, 0.1) is 5.92 Å². The van der Waals surface area contributed by atoms with Crippen molar-refractivity contribution in [2.45, 2.75) is 25.4 Å². The van der Waals surface area contributed by atoms with Gasteiger partial charge in [0.1, 0.15) is 6.61 Å². The zero-order valence-electron chi connectivity index (χ0n) is 17.3. The van der Waals surface area contributed by atoms with Crippen LogP contribution in [0.2, 0.25) is 0 Å². The summed E-state index contributed by atoms with van der Waals surface area (Å²) in [5.41, 5.74) is 2.70. The third kappa shape index (κ3) is 4.68. The fourth-order valence-corrected chi connectivity index (χ4v) is 4.12. The first-order chi connectivity index (χ1) is 15.0. The molecule has 1 aliphatic heterocycles. The molecule has 1 fully saturated rings. The lowest BCUT2D eigenvalue weighted by molar-refractivity contribution is -0.125. The van der Waals surface area contributed by atoms with Crippen molar-refractivity contribution in [2.75, 3.05) is 36.5 Å². The molecule has 1 amide bonds. The summed E-state index contributed by atoms with van der Waals surface area (Å²) >= 11 is 0. The van der Waals surface area contributed by atoms with Gasteiger partial charge in [-0.25, -0.2) is 0 Å². The molecule has 31 heavy (non-hydrogen) atoms. The quantitative estimate of drug-likeness (QED) is 0.635. The Balaban J connectivity index is 1.21. The van der Waals surface area contributed by atoms with Crippen molar-refractivity contribution >= 4 is 28.8 Å². The third-order valence-corrected chi connectivity index (χ3v) is 5.83. The number of fused-ring (bicyclic) bond motifs is 1. The van der Waals surface area contributed by atoms with Gasteiger partial charge in [0.2, 0.25) is 0 Å². The zero-order chi connectivity index (χ0) is 21.8. The Kier molecular flexibility index (Phi) is 6.44. The lowest BCUT2D eigenvalue weighted by atomic mass is 9.96. The van der Waals surface area contributed by atoms with Gasteiger partial charge in [0.25, 0.3) is 5.91 Å². The number of nitrogens with zero attached hydrogens (tertiary/aromatic N) is 1. The number of amides is 1. The fraction of sp³-hybridized carbons (Fsp3) is 0.375. The van der Waals surface area contributed by atoms with Crippen LogP contribution < -0.4 is 10.2 Å². The number of aliphatic hydroxyl groups is 1. The molecule has 1 atom stereocenters. The summed E-state index contributed by atoms with van der Waals surface area (Å²) < 4.78 is 5.15. The minimum absolute atomic E-state index is 0.0512. The predicted molar refractivity (Wildman–Crippen MR) is 117 cm³/mol.